The van der Waals surface area contributed by atoms with Gasteiger partial charge in [0.2, 0.25) is 0 Å². The van der Waals surface area contributed by atoms with Gasteiger partial charge in [-0.1, -0.05) is 0 Å². The van der Waals surface area contributed by atoms with Crippen LogP contribution in [0.15, 0.2) is 0 Å². The molecule has 2 fully saturated rings. The van der Waals surface area contributed by atoms with Gasteiger partial charge in [-0.3, -0.25) is 0 Å². The Morgan fingerprint density at radius 1 is 0.692 bits per heavy atom. The summed E-state index contributed by atoms with van der Waals surface area (Å²) in [7, 11) is 0. The van der Waals surface area contributed by atoms with Crippen molar-refractivity contribution in [3.8, 4) is 0 Å². The quantitative estimate of drug-likeness (QED) is 0.387. The molecule has 0 aromatic rings. The van der Waals surface area contributed by atoms with E-state index in [1.807, 2.05) is 0 Å². The van der Waals surface area contributed by atoms with Crippen molar-refractivity contribution in [1.82, 2.24) is 16.0 Å². The lowest BCUT2D eigenvalue weighted by atomic mass is 10.1. The Labute approximate surface area is 80.6 Å². The minimum atomic E-state index is 0.473. The van der Waals surface area contributed by atoms with E-state index in [2.05, 4.69) is 16.0 Å². The van der Waals surface area contributed by atoms with Gasteiger partial charge in [0.15, 0.2) is 0 Å². The third-order valence-corrected chi connectivity index (χ3v) is 2.34. The molecule has 0 aromatic carbocycles. The smallest absolute Gasteiger partial charge is 0.00772 e. The van der Waals surface area contributed by atoms with E-state index < -0.39 is 0 Å². The molecule has 0 amide bonds. The highest BCUT2D eigenvalue weighted by molar-refractivity contribution is 4.69. The highest BCUT2D eigenvalue weighted by Gasteiger charge is 2.05. The topological polar surface area (TPSA) is 62.1 Å². The SMILES string of the molecule is C1CNCCN1.NC1CCNCC1. The van der Waals surface area contributed by atoms with Crippen LogP contribution in [0.1, 0.15) is 12.8 Å². The maximum atomic E-state index is 5.59. The van der Waals surface area contributed by atoms with Crippen molar-refractivity contribution in [3.05, 3.63) is 0 Å². The normalized spacial score (nSPS) is 24.7. The molecule has 0 unspecified atom stereocenters. The molecule has 78 valence electrons. The molecule has 0 saturated carbocycles. The first kappa shape index (κ1) is 10.9. The minimum absolute atomic E-state index is 0.473. The number of nitrogens with one attached hydrogen (secondary N) is 3. The molecule has 4 heteroatoms. The zero-order chi connectivity index (χ0) is 9.36. The van der Waals surface area contributed by atoms with Crippen molar-refractivity contribution in [2.45, 2.75) is 18.9 Å². The van der Waals surface area contributed by atoms with Crippen LogP contribution in [-0.4, -0.2) is 45.3 Å². The molecule has 0 aliphatic carbocycles. The van der Waals surface area contributed by atoms with Gasteiger partial charge in [-0.25, -0.2) is 0 Å². The highest BCUT2D eigenvalue weighted by Crippen LogP contribution is 1.96. The molecule has 0 bridgehead atoms. The van der Waals surface area contributed by atoms with Gasteiger partial charge in [0.25, 0.3) is 0 Å². The molecular formula is C9H22N4. The van der Waals surface area contributed by atoms with Gasteiger partial charge in [-0.2, -0.15) is 0 Å². The summed E-state index contributed by atoms with van der Waals surface area (Å²) in [6.45, 7) is 6.78. The largest absolute Gasteiger partial charge is 0.328 e. The van der Waals surface area contributed by atoms with Crippen LogP contribution in [0.2, 0.25) is 0 Å². The van der Waals surface area contributed by atoms with Crippen molar-refractivity contribution in [2.24, 2.45) is 5.73 Å². The van der Waals surface area contributed by atoms with Crippen LogP contribution in [-0.2, 0) is 0 Å². The Morgan fingerprint density at radius 3 is 1.31 bits per heavy atom. The second kappa shape index (κ2) is 7.26. The van der Waals surface area contributed by atoms with Gasteiger partial charge in [0.05, 0.1) is 0 Å². The van der Waals surface area contributed by atoms with Gasteiger partial charge in [-0.05, 0) is 25.9 Å². The number of rotatable bonds is 0. The Bertz CT molecular complexity index is 96.7. The number of hydrogen-bond acceptors (Lipinski definition) is 4. The molecule has 0 radical (unpaired) electrons. The predicted octanol–water partition coefficient (Wildman–Crippen LogP) is -1.12. The van der Waals surface area contributed by atoms with Gasteiger partial charge < -0.3 is 21.7 Å². The maximum absolute atomic E-state index is 5.59. The minimum Gasteiger partial charge on any atom is -0.328 e. The molecule has 2 heterocycles. The van der Waals surface area contributed by atoms with Crippen molar-refractivity contribution in [2.75, 3.05) is 39.3 Å². The zero-order valence-electron chi connectivity index (χ0n) is 8.31. The summed E-state index contributed by atoms with van der Waals surface area (Å²) in [4.78, 5) is 0. The standard InChI is InChI=1S/C5H12N2.C4H10N2/c6-5-1-3-7-4-2-5;1-2-6-4-3-5-1/h5,7H,1-4,6H2;5-6H,1-4H2. The van der Waals surface area contributed by atoms with E-state index in [1.165, 1.54) is 0 Å². The summed E-state index contributed by atoms with van der Waals surface area (Å²) in [6, 6.07) is 0.473. The lowest BCUT2D eigenvalue weighted by Gasteiger charge is -2.17. The van der Waals surface area contributed by atoms with E-state index in [1.54, 1.807) is 0 Å². The van der Waals surface area contributed by atoms with Crippen LogP contribution in [0.25, 0.3) is 0 Å². The first-order chi connectivity index (χ1) is 6.39. The summed E-state index contributed by atoms with van der Waals surface area (Å²) in [5.41, 5.74) is 5.59. The Kier molecular flexibility index (Phi) is 6.10. The summed E-state index contributed by atoms with van der Waals surface area (Å²) >= 11 is 0. The second-order valence-corrected chi connectivity index (χ2v) is 3.59. The lowest BCUT2D eigenvalue weighted by Crippen LogP contribution is -2.39. The van der Waals surface area contributed by atoms with Crippen molar-refractivity contribution in [1.29, 1.82) is 0 Å². The first-order valence-corrected chi connectivity index (χ1v) is 5.27. The van der Waals surface area contributed by atoms with Crippen LogP contribution in [0, 0.1) is 0 Å². The second-order valence-electron chi connectivity index (χ2n) is 3.59. The van der Waals surface area contributed by atoms with Crippen molar-refractivity contribution >= 4 is 0 Å². The molecule has 0 aromatic heterocycles. The average molecular weight is 186 g/mol. The van der Waals surface area contributed by atoms with Gasteiger partial charge in [0, 0.05) is 32.2 Å². The number of piperazine rings is 1. The maximum Gasteiger partial charge on any atom is 0.00772 e. The monoisotopic (exact) mass is 186 g/mol. The van der Waals surface area contributed by atoms with Crippen molar-refractivity contribution < 1.29 is 0 Å². The fraction of sp³-hybridized carbons (Fsp3) is 1.00. The Hall–Kier alpha value is -0.160. The summed E-state index contributed by atoms with van der Waals surface area (Å²) in [5, 5.41) is 9.68. The van der Waals surface area contributed by atoms with E-state index >= 15 is 0 Å². The van der Waals surface area contributed by atoms with Crippen LogP contribution in [0.4, 0.5) is 0 Å². The fourth-order valence-corrected chi connectivity index (χ4v) is 1.45. The molecular weight excluding hydrogens is 164 g/mol. The van der Waals surface area contributed by atoms with Crippen LogP contribution < -0.4 is 21.7 Å². The third kappa shape index (κ3) is 5.99. The van der Waals surface area contributed by atoms with E-state index in [4.69, 9.17) is 5.73 Å². The van der Waals surface area contributed by atoms with E-state index in [0.29, 0.717) is 6.04 Å². The Morgan fingerprint density at radius 2 is 1.08 bits per heavy atom. The molecule has 2 aliphatic heterocycles. The molecule has 2 saturated heterocycles. The third-order valence-electron chi connectivity index (χ3n) is 2.34. The van der Waals surface area contributed by atoms with Crippen LogP contribution in [0.5, 0.6) is 0 Å². The van der Waals surface area contributed by atoms with Gasteiger partial charge in [-0.15, -0.1) is 0 Å². The molecule has 2 aliphatic rings. The van der Waals surface area contributed by atoms with E-state index in [9.17, 15) is 0 Å². The lowest BCUT2D eigenvalue weighted by molar-refractivity contribution is 0.458. The van der Waals surface area contributed by atoms with Crippen LogP contribution in [0.3, 0.4) is 0 Å². The van der Waals surface area contributed by atoms with E-state index in [-0.39, 0.29) is 0 Å². The number of hydrogen-bond donors (Lipinski definition) is 4. The molecule has 0 atom stereocenters. The van der Waals surface area contributed by atoms with Crippen molar-refractivity contribution in [3.63, 3.8) is 0 Å². The highest BCUT2D eigenvalue weighted by atomic mass is 15.0. The first-order valence-electron chi connectivity index (χ1n) is 5.27. The predicted molar refractivity (Wildman–Crippen MR) is 55.8 cm³/mol. The Balaban J connectivity index is 0.000000132. The number of nitrogens with two attached hydrogens (primary N) is 1. The van der Waals surface area contributed by atoms with Crippen LogP contribution >= 0.6 is 0 Å². The van der Waals surface area contributed by atoms with Gasteiger partial charge in [0.1, 0.15) is 0 Å². The average Bonchev–Trinajstić information content (AvgIpc) is 2.22. The molecule has 5 N–H and O–H groups in total. The van der Waals surface area contributed by atoms with Gasteiger partial charge >= 0.3 is 0 Å². The summed E-state index contributed by atoms with van der Waals surface area (Å²) < 4.78 is 0. The summed E-state index contributed by atoms with van der Waals surface area (Å²) in [5.74, 6) is 0. The number of piperidine rings is 1. The molecule has 4 nitrogen and oxygen atoms in total. The zero-order valence-corrected chi connectivity index (χ0v) is 8.31. The molecule has 2 rings (SSSR count). The van der Waals surface area contributed by atoms with E-state index in [0.717, 1.165) is 52.1 Å². The fourth-order valence-electron chi connectivity index (χ4n) is 1.45. The summed E-state index contributed by atoms with van der Waals surface area (Å²) in [6.07, 6.45) is 2.31. The molecule has 0 spiro atoms. The molecule has 13 heavy (non-hydrogen) atoms.